The van der Waals surface area contributed by atoms with Gasteiger partial charge in [0.1, 0.15) is 5.76 Å². The molecule has 0 amide bonds. The minimum absolute atomic E-state index is 0.106. The van der Waals surface area contributed by atoms with Crippen molar-refractivity contribution < 1.29 is 9.53 Å². The molecule has 4 heteroatoms. The average molecular weight is 389 g/mol. The summed E-state index contributed by atoms with van der Waals surface area (Å²) in [6.45, 7) is 6.33. The number of nitrogen functional groups attached to an aromatic ring is 1. The van der Waals surface area contributed by atoms with Gasteiger partial charge >= 0.3 is 0 Å². The zero-order valence-electron chi connectivity index (χ0n) is 17.5. The van der Waals surface area contributed by atoms with Gasteiger partial charge in [0.15, 0.2) is 5.78 Å². The molecule has 0 saturated heterocycles. The smallest absolute Gasteiger partial charge is 0.225 e. The van der Waals surface area contributed by atoms with Crippen LogP contribution in [0.15, 0.2) is 35.6 Å². The molecule has 1 aliphatic heterocycles. The van der Waals surface area contributed by atoms with Crippen LogP contribution < -0.4 is 10.5 Å². The lowest BCUT2D eigenvalue weighted by atomic mass is 9.69. The largest absolute Gasteiger partial charge is 0.443 e. The lowest BCUT2D eigenvalue weighted by Gasteiger charge is -2.39. The normalized spacial score (nSPS) is 22.4. The first-order valence-electron chi connectivity index (χ1n) is 10.7. The first-order valence-corrected chi connectivity index (χ1v) is 10.7. The number of aromatic nitrogens is 1. The number of nitrogens with two attached hydrogens (primary N) is 1. The first-order chi connectivity index (χ1) is 13.8. The molecule has 0 spiro atoms. The van der Waals surface area contributed by atoms with Crippen molar-refractivity contribution in [2.24, 2.45) is 5.41 Å². The predicted octanol–water partition coefficient (Wildman–Crippen LogP) is 5.02. The van der Waals surface area contributed by atoms with Gasteiger partial charge in [-0.2, -0.15) is 0 Å². The Morgan fingerprint density at radius 3 is 2.59 bits per heavy atom. The highest BCUT2D eigenvalue weighted by atomic mass is 16.5. The van der Waals surface area contributed by atoms with Crippen molar-refractivity contribution in [3.63, 3.8) is 0 Å². The number of carbonyl (C=O) groups excluding carboxylic acids is 1. The maximum Gasteiger partial charge on any atom is 0.225 e. The molecule has 0 radical (unpaired) electrons. The van der Waals surface area contributed by atoms with E-state index < -0.39 is 0 Å². The highest BCUT2D eigenvalue weighted by Gasteiger charge is 2.44. The molecule has 0 unspecified atom stereocenters. The highest BCUT2D eigenvalue weighted by molar-refractivity contribution is 6.00. The molecule has 2 aliphatic carbocycles. The van der Waals surface area contributed by atoms with Gasteiger partial charge in [-0.15, -0.1) is 0 Å². The van der Waals surface area contributed by atoms with E-state index in [1.165, 1.54) is 5.56 Å². The number of rotatable bonds is 1. The van der Waals surface area contributed by atoms with E-state index in [-0.39, 0.29) is 17.1 Å². The molecule has 5 rings (SSSR count). The van der Waals surface area contributed by atoms with Crippen LogP contribution in [0.2, 0.25) is 0 Å². The molecule has 1 aromatic heterocycles. The van der Waals surface area contributed by atoms with Crippen LogP contribution in [0, 0.1) is 12.3 Å². The molecule has 2 aromatic rings. The number of fused-ring (bicyclic) bond motifs is 2. The van der Waals surface area contributed by atoms with Gasteiger partial charge in [-0.3, -0.25) is 4.79 Å². The Bertz CT molecular complexity index is 1050. The maximum atomic E-state index is 13.3. The van der Waals surface area contributed by atoms with Crippen LogP contribution in [0.1, 0.15) is 73.4 Å². The molecule has 2 N–H and O–H groups in total. The van der Waals surface area contributed by atoms with E-state index in [2.05, 4.69) is 45.0 Å². The van der Waals surface area contributed by atoms with Crippen LogP contribution in [0.5, 0.6) is 5.88 Å². The van der Waals surface area contributed by atoms with Crippen molar-refractivity contribution in [1.82, 2.24) is 4.98 Å². The summed E-state index contributed by atoms with van der Waals surface area (Å²) in [5, 5.41) is 0. The Kier molecular flexibility index (Phi) is 4.09. The molecule has 1 aromatic carbocycles. The quantitative estimate of drug-likeness (QED) is 0.745. The fraction of sp³-hybridized carbons (Fsp3) is 0.440. The Labute approximate surface area is 172 Å². The number of aryl methyl sites for hydroxylation is 2. The van der Waals surface area contributed by atoms with E-state index >= 15 is 0 Å². The number of Topliss-reactive ketones (excluding diaryl/α,β-unsaturated/α-hetero) is 1. The van der Waals surface area contributed by atoms with E-state index in [1.807, 2.05) is 0 Å². The topological polar surface area (TPSA) is 65.2 Å². The van der Waals surface area contributed by atoms with Gasteiger partial charge in [0, 0.05) is 35.7 Å². The van der Waals surface area contributed by atoms with Gasteiger partial charge in [-0.05, 0) is 49.1 Å². The van der Waals surface area contributed by atoms with Crippen molar-refractivity contribution in [2.45, 2.75) is 65.2 Å². The second-order valence-corrected chi connectivity index (χ2v) is 9.60. The standard InChI is InChI=1S/C25H28N2O2/c1-14-8-10-15(11-9-14)20-21-18(28)12-25(2,3)13-19(21)29-24-22(20)23(26)16-6-4-5-7-17(16)27-24/h8-11,20H,4-7,12-13H2,1-3H3,(H2,26,27)/t20-/m0/s1. The van der Waals surface area contributed by atoms with E-state index in [0.717, 1.165) is 71.5 Å². The van der Waals surface area contributed by atoms with Crippen LogP contribution >= 0.6 is 0 Å². The second-order valence-electron chi connectivity index (χ2n) is 9.60. The second kappa shape index (κ2) is 6.45. The first kappa shape index (κ1) is 18.4. The number of anilines is 1. The van der Waals surface area contributed by atoms with Gasteiger partial charge in [-0.25, -0.2) is 4.98 Å². The predicted molar refractivity (Wildman–Crippen MR) is 114 cm³/mol. The maximum absolute atomic E-state index is 13.3. The van der Waals surface area contributed by atoms with Gasteiger partial charge in [0.2, 0.25) is 5.88 Å². The van der Waals surface area contributed by atoms with Crippen LogP contribution in [0.25, 0.3) is 0 Å². The fourth-order valence-corrected chi connectivity index (χ4v) is 5.16. The lowest BCUT2D eigenvalue weighted by Crippen LogP contribution is -2.34. The molecule has 29 heavy (non-hydrogen) atoms. The fourth-order valence-electron chi connectivity index (χ4n) is 5.16. The summed E-state index contributed by atoms with van der Waals surface area (Å²) in [7, 11) is 0. The SMILES string of the molecule is Cc1ccc([C@H]2C3=C(CC(C)(C)CC3=O)Oc3nc4c(c(N)c32)CCCC4)cc1. The third-order valence-corrected chi connectivity index (χ3v) is 6.61. The van der Waals surface area contributed by atoms with Crippen LogP contribution in [0.4, 0.5) is 5.69 Å². The molecular weight excluding hydrogens is 360 g/mol. The van der Waals surface area contributed by atoms with Crippen molar-refractivity contribution in [1.29, 1.82) is 0 Å². The van der Waals surface area contributed by atoms with Crippen molar-refractivity contribution >= 4 is 11.5 Å². The molecule has 2 heterocycles. The van der Waals surface area contributed by atoms with E-state index in [4.69, 9.17) is 15.5 Å². The summed E-state index contributed by atoms with van der Waals surface area (Å²) < 4.78 is 6.33. The van der Waals surface area contributed by atoms with Gasteiger partial charge < -0.3 is 10.5 Å². The lowest BCUT2D eigenvalue weighted by molar-refractivity contribution is -0.118. The number of hydrogen-bond acceptors (Lipinski definition) is 4. The minimum Gasteiger partial charge on any atom is -0.443 e. The monoisotopic (exact) mass is 388 g/mol. The number of hydrogen-bond donors (Lipinski definition) is 1. The van der Waals surface area contributed by atoms with Crippen LogP contribution in [-0.4, -0.2) is 10.8 Å². The molecule has 150 valence electrons. The zero-order valence-corrected chi connectivity index (χ0v) is 17.5. The molecule has 3 aliphatic rings. The van der Waals surface area contributed by atoms with Gasteiger partial charge in [0.05, 0.1) is 5.56 Å². The Balaban J connectivity index is 1.76. The Hall–Kier alpha value is -2.62. The van der Waals surface area contributed by atoms with Crippen LogP contribution in [-0.2, 0) is 17.6 Å². The third-order valence-electron chi connectivity index (χ3n) is 6.61. The number of carbonyl (C=O) groups is 1. The summed E-state index contributed by atoms with van der Waals surface area (Å²) in [4.78, 5) is 18.2. The van der Waals surface area contributed by atoms with Crippen molar-refractivity contribution in [3.05, 3.63) is 63.5 Å². The molecule has 0 saturated carbocycles. The summed E-state index contributed by atoms with van der Waals surface area (Å²) in [6.07, 6.45) is 5.45. The molecule has 0 bridgehead atoms. The minimum atomic E-state index is -0.197. The molecule has 1 atom stereocenters. The van der Waals surface area contributed by atoms with E-state index in [0.29, 0.717) is 12.3 Å². The Morgan fingerprint density at radius 2 is 1.83 bits per heavy atom. The number of ketones is 1. The molecular formula is C25H28N2O2. The van der Waals surface area contributed by atoms with E-state index in [9.17, 15) is 4.79 Å². The zero-order chi connectivity index (χ0) is 20.3. The summed E-state index contributed by atoms with van der Waals surface area (Å²) in [5.74, 6) is 1.37. The van der Waals surface area contributed by atoms with Crippen LogP contribution in [0.3, 0.4) is 0 Å². The summed E-state index contributed by atoms with van der Waals surface area (Å²) in [5.41, 5.74) is 13.6. The molecule has 4 nitrogen and oxygen atoms in total. The molecule has 0 fully saturated rings. The van der Waals surface area contributed by atoms with Crippen molar-refractivity contribution in [3.8, 4) is 5.88 Å². The average Bonchev–Trinajstić information content (AvgIpc) is 2.66. The van der Waals surface area contributed by atoms with Gasteiger partial charge in [0.25, 0.3) is 0 Å². The highest BCUT2D eigenvalue weighted by Crippen LogP contribution is 2.52. The summed E-state index contributed by atoms with van der Waals surface area (Å²) >= 11 is 0. The number of allylic oxidation sites excluding steroid dienone is 2. The Morgan fingerprint density at radius 1 is 1.10 bits per heavy atom. The number of ether oxygens (including phenoxy) is 1. The number of benzene rings is 1. The van der Waals surface area contributed by atoms with Gasteiger partial charge in [-0.1, -0.05) is 43.7 Å². The van der Waals surface area contributed by atoms with Crippen molar-refractivity contribution in [2.75, 3.05) is 5.73 Å². The number of pyridine rings is 1. The third kappa shape index (κ3) is 2.97. The van der Waals surface area contributed by atoms with E-state index in [1.54, 1.807) is 0 Å². The summed E-state index contributed by atoms with van der Waals surface area (Å²) in [6, 6.07) is 8.44. The number of nitrogens with zero attached hydrogens (tertiary/aromatic N) is 1.